The summed E-state index contributed by atoms with van der Waals surface area (Å²) in [6, 6.07) is 12.9. The fourth-order valence-corrected chi connectivity index (χ4v) is 14.0. The number of hydrogen-bond acceptors (Lipinski definition) is 9. The molecule has 0 spiro atoms. The Bertz CT molecular complexity index is 1850. The summed E-state index contributed by atoms with van der Waals surface area (Å²) < 4.78 is 29.5. The van der Waals surface area contributed by atoms with Crippen LogP contribution in [0.2, 0.25) is 42.3 Å². The van der Waals surface area contributed by atoms with E-state index in [4.69, 9.17) is 23.4 Å². The number of nitrogens with one attached hydrogen (secondary N) is 1. The van der Waals surface area contributed by atoms with Crippen LogP contribution < -0.4 is 19.4 Å². The molecule has 0 aromatic heterocycles. The van der Waals surface area contributed by atoms with Crippen LogP contribution in [0, 0.1) is 0 Å². The molecule has 0 aliphatic carbocycles. The molecular weight excluding hydrogens is 781 g/mol. The highest BCUT2D eigenvalue weighted by atomic mass is 28.4. The number of alkyl carbamates (subject to hydrolysis) is 1. The third kappa shape index (κ3) is 12.2. The largest absolute Gasteiger partial charge is 0.540 e. The molecule has 59 heavy (non-hydrogen) atoms. The lowest BCUT2D eigenvalue weighted by Crippen LogP contribution is -2.50. The third-order valence-electron chi connectivity index (χ3n) is 11.0. The van der Waals surface area contributed by atoms with E-state index >= 15 is 0 Å². The average molecular weight is 847 g/mol. The summed E-state index contributed by atoms with van der Waals surface area (Å²) in [7, 11) is -2.04. The second-order valence-corrected chi connectivity index (χ2v) is 28.4. The van der Waals surface area contributed by atoms with Crippen molar-refractivity contribution in [3.63, 3.8) is 0 Å². The van der Waals surface area contributed by atoms with Gasteiger partial charge in [-0.1, -0.05) is 111 Å². The predicted molar refractivity (Wildman–Crippen MR) is 242 cm³/mol. The second-order valence-electron chi connectivity index (χ2n) is 17.4. The lowest BCUT2D eigenvalue weighted by Gasteiger charge is -2.42. The van der Waals surface area contributed by atoms with E-state index in [2.05, 4.69) is 89.6 Å². The van der Waals surface area contributed by atoms with E-state index in [0.717, 1.165) is 28.4 Å². The average Bonchev–Trinajstić information content (AvgIpc) is 3.57. The molecule has 2 aromatic rings. The minimum absolute atomic E-state index is 0.00396. The third-order valence-corrected chi connectivity index (χ3v) is 18.7. The summed E-state index contributed by atoms with van der Waals surface area (Å²) in [5.41, 5.74) is 5.44. The number of amides is 3. The molecule has 2 aliphatic heterocycles. The maximum Gasteiger partial charge on any atom is 0.435 e. The van der Waals surface area contributed by atoms with Gasteiger partial charge in [0.05, 0.1) is 24.4 Å². The number of ether oxygens (including phenoxy) is 4. The van der Waals surface area contributed by atoms with Gasteiger partial charge in [0, 0.05) is 39.9 Å². The van der Waals surface area contributed by atoms with E-state index in [1.807, 2.05) is 47.5 Å². The zero-order chi connectivity index (χ0) is 43.5. The van der Waals surface area contributed by atoms with Crippen molar-refractivity contribution in [2.45, 2.75) is 109 Å². The Morgan fingerprint density at radius 1 is 0.949 bits per heavy atom. The zero-order valence-corrected chi connectivity index (χ0v) is 38.9. The number of methoxy groups -OCH3 is 1. The highest BCUT2D eigenvalue weighted by Gasteiger charge is 2.48. The number of carbonyl (C=O) groups is 3. The van der Waals surface area contributed by atoms with Crippen LogP contribution in [0.3, 0.4) is 0 Å². The van der Waals surface area contributed by atoms with E-state index in [-0.39, 0.29) is 37.4 Å². The van der Waals surface area contributed by atoms with Gasteiger partial charge in [0.2, 0.25) is 0 Å². The lowest BCUT2D eigenvalue weighted by molar-refractivity contribution is 0.0791. The normalized spacial score (nSPS) is 15.7. The van der Waals surface area contributed by atoms with Crippen molar-refractivity contribution in [2.75, 3.05) is 45.1 Å². The first-order chi connectivity index (χ1) is 27.9. The minimum Gasteiger partial charge on any atom is -0.540 e. The van der Waals surface area contributed by atoms with Crippen LogP contribution in [0.4, 0.5) is 15.3 Å². The van der Waals surface area contributed by atoms with Gasteiger partial charge < -0.3 is 33.2 Å². The number of carbonyl (C=O) groups excluding carboxylic acids is 3. The molecule has 14 heteroatoms. The fourth-order valence-electron chi connectivity index (χ4n) is 8.04. The molecule has 0 unspecified atom stereocenters. The summed E-state index contributed by atoms with van der Waals surface area (Å²) in [6.07, 6.45) is 4.66. The number of nitrogens with zero attached hydrogens (tertiary/aromatic N) is 3. The quantitative estimate of drug-likeness (QED) is 0.0483. The molecule has 12 nitrogen and oxygen atoms in total. The van der Waals surface area contributed by atoms with Crippen molar-refractivity contribution in [1.82, 2.24) is 10.2 Å². The van der Waals surface area contributed by atoms with Crippen LogP contribution in [0.1, 0.15) is 75.9 Å². The molecule has 0 radical (unpaired) electrons. The summed E-state index contributed by atoms with van der Waals surface area (Å²) >= 11 is 0. The summed E-state index contributed by atoms with van der Waals surface area (Å²) in [5, 5.41) is 2.53. The van der Waals surface area contributed by atoms with Crippen molar-refractivity contribution in [2.24, 2.45) is 4.99 Å². The number of amidine groups is 1. The topological polar surface area (TPSA) is 128 Å². The molecule has 322 valence electrons. The number of anilines is 1. The van der Waals surface area contributed by atoms with Gasteiger partial charge in [0.1, 0.15) is 31.5 Å². The van der Waals surface area contributed by atoms with Gasteiger partial charge in [-0.25, -0.2) is 9.59 Å². The van der Waals surface area contributed by atoms with Gasteiger partial charge in [-0.15, -0.1) is 0 Å². The van der Waals surface area contributed by atoms with Crippen LogP contribution in [0.25, 0.3) is 5.57 Å². The van der Waals surface area contributed by atoms with Crippen molar-refractivity contribution >= 4 is 51.6 Å². The summed E-state index contributed by atoms with van der Waals surface area (Å²) in [6.45, 7) is 29.3. The molecule has 0 saturated carbocycles. The molecule has 0 bridgehead atoms. The number of aliphatic imine (C=N–C) groups is 1. The van der Waals surface area contributed by atoms with E-state index < -0.39 is 28.6 Å². The molecule has 2 heterocycles. The second kappa shape index (κ2) is 21.0. The Morgan fingerprint density at radius 2 is 1.59 bits per heavy atom. The number of fused-ring (bicyclic) bond motifs is 2. The monoisotopic (exact) mass is 846 g/mol. The Morgan fingerprint density at radius 3 is 2.19 bits per heavy atom. The zero-order valence-electron chi connectivity index (χ0n) is 36.9. The van der Waals surface area contributed by atoms with Gasteiger partial charge in [-0.2, -0.15) is 4.99 Å². The molecule has 2 aromatic carbocycles. The number of benzene rings is 2. The maximum absolute atomic E-state index is 14.6. The molecule has 0 fully saturated rings. The summed E-state index contributed by atoms with van der Waals surface area (Å²) in [5.74, 6) is 1.26. The van der Waals surface area contributed by atoms with Crippen LogP contribution >= 0.6 is 0 Å². The van der Waals surface area contributed by atoms with E-state index in [1.165, 1.54) is 12.2 Å². The van der Waals surface area contributed by atoms with Gasteiger partial charge in [-0.3, -0.25) is 10.1 Å². The van der Waals surface area contributed by atoms with Gasteiger partial charge in [0.25, 0.3) is 14.2 Å². The molecule has 1 N–H and O–H groups in total. The SMILES string of the molecule is C=CCOC(=O)N=C(CCc1ccc(C2=CN3C(=O)c4cc(OC)c(O[Si](C(C)C)(C(C)C)C(C)C)cc4N(COCC[Si](C)(C)C)C[C@@H]3C2)cc1)NC(=O)OCC=C. The molecule has 3 amide bonds. The van der Waals surface area contributed by atoms with Gasteiger partial charge >= 0.3 is 12.2 Å². The fraction of sp³-hybridized carbons (Fsp3) is 0.511. The van der Waals surface area contributed by atoms with E-state index in [1.54, 1.807) is 7.11 Å². The lowest BCUT2D eigenvalue weighted by atomic mass is 9.99. The van der Waals surface area contributed by atoms with Crippen molar-refractivity contribution < 1.29 is 37.8 Å². The predicted octanol–water partition coefficient (Wildman–Crippen LogP) is 10.2. The number of hydrogen-bond donors (Lipinski definition) is 1. The summed E-state index contributed by atoms with van der Waals surface area (Å²) in [4.78, 5) is 47.0. The number of aryl methyl sites for hydroxylation is 1. The van der Waals surface area contributed by atoms with E-state index in [0.29, 0.717) is 66.4 Å². The van der Waals surface area contributed by atoms with Crippen LogP contribution in [0.15, 0.2) is 72.9 Å². The van der Waals surface area contributed by atoms with Gasteiger partial charge in [0.15, 0.2) is 5.75 Å². The molecular formula is C45H66N4O8Si2. The minimum atomic E-state index is -2.35. The highest BCUT2D eigenvalue weighted by Crippen LogP contribution is 2.47. The maximum atomic E-state index is 14.6. The smallest absolute Gasteiger partial charge is 0.435 e. The van der Waals surface area contributed by atoms with Crippen molar-refractivity contribution in [3.8, 4) is 11.5 Å². The Kier molecular flexibility index (Phi) is 16.8. The Balaban J connectivity index is 1.62. The van der Waals surface area contributed by atoms with Crippen LogP contribution in [-0.4, -0.2) is 91.5 Å². The first-order valence-corrected chi connectivity index (χ1v) is 26.5. The molecule has 4 rings (SSSR count). The molecule has 1 atom stereocenters. The van der Waals surface area contributed by atoms with E-state index in [9.17, 15) is 14.4 Å². The number of rotatable bonds is 19. The molecule has 2 aliphatic rings. The standard InChI is InChI=1S/C45H66N4O8Si2/c1-13-21-55-44(51)46-42(47-45(52)56-22-14-2)20-17-34-15-18-35(19-16-34)36-25-37-29-48(30-54-23-24-58(10,11)12)39-27-41(57-59(31(3)4,32(5)6)33(7)8)40(53-9)26-38(39)43(50)49(37)28-36/h13-16,18-19,26-28,31-33,37H,1-2,17,20-25,29-30H2,3-12H3,(H,46,47,51,52)/t37-/m0/s1. The van der Waals surface area contributed by atoms with Crippen molar-refractivity contribution in [1.29, 1.82) is 0 Å². The van der Waals surface area contributed by atoms with Crippen LogP contribution in [-0.2, 0) is 20.6 Å². The Hall–Kier alpha value is -4.67. The van der Waals surface area contributed by atoms with Crippen molar-refractivity contribution in [3.05, 3.63) is 84.6 Å². The Labute approximate surface area is 353 Å². The van der Waals surface area contributed by atoms with Gasteiger partial charge in [-0.05, 0) is 58.3 Å². The highest BCUT2D eigenvalue weighted by molar-refractivity contribution is 6.78. The first kappa shape index (κ1) is 47.0. The van der Waals surface area contributed by atoms with Crippen LogP contribution in [0.5, 0.6) is 11.5 Å². The first-order valence-electron chi connectivity index (χ1n) is 20.7. The molecule has 0 saturated heterocycles.